The van der Waals surface area contributed by atoms with Gasteiger partial charge in [0, 0.05) is 0 Å². The highest BCUT2D eigenvalue weighted by Gasteiger charge is 2.06. The molecule has 0 spiro atoms. The molecular weight excluding hydrogens is 212 g/mol. The summed E-state index contributed by atoms with van der Waals surface area (Å²) in [7, 11) is 0. The molecule has 2 rings (SSSR count). The minimum Gasteiger partial charge on any atom is -0.423 e. The Morgan fingerprint density at radius 1 is 0.824 bits per heavy atom. The molecule has 0 aromatic heterocycles. The van der Waals surface area contributed by atoms with Gasteiger partial charge in [-0.1, -0.05) is 50.2 Å². The smallest absolute Gasteiger partial charge is 0.343 e. The maximum Gasteiger partial charge on any atom is 0.343 e. The predicted octanol–water partition coefficient (Wildman–Crippen LogP) is 3.93. The number of rotatable bonds is 2. The second-order valence-electron chi connectivity index (χ2n) is 3.07. The van der Waals surface area contributed by atoms with Crippen LogP contribution in [-0.2, 0) is 0 Å². The number of para-hydroxylation sites is 1. The lowest BCUT2D eigenvalue weighted by Crippen LogP contribution is -2.07. The molecule has 2 nitrogen and oxygen atoms in total. The van der Waals surface area contributed by atoms with Crippen LogP contribution in [-0.4, -0.2) is 5.97 Å². The number of carbonyl (C=O) groups is 1. The Labute approximate surface area is 102 Å². The van der Waals surface area contributed by atoms with E-state index in [0.29, 0.717) is 11.3 Å². The van der Waals surface area contributed by atoms with Crippen LogP contribution < -0.4 is 4.74 Å². The molecule has 0 aliphatic heterocycles. The van der Waals surface area contributed by atoms with E-state index < -0.39 is 0 Å². The largest absolute Gasteiger partial charge is 0.423 e. The van der Waals surface area contributed by atoms with Crippen molar-refractivity contribution >= 4 is 5.97 Å². The molecule has 0 unspecified atom stereocenters. The Bertz CT molecular complexity index is 435. The van der Waals surface area contributed by atoms with Crippen LogP contribution in [0.5, 0.6) is 5.75 Å². The van der Waals surface area contributed by atoms with E-state index in [4.69, 9.17) is 4.74 Å². The van der Waals surface area contributed by atoms with Gasteiger partial charge in [0.15, 0.2) is 0 Å². The lowest BCUT2D eigenvalue weighted by atomic mass is 10.2. The van der Waals surface area contributed by atoms with Crippen molar-refractivity contribution in [2.45, 2.75) is 13.8 Å². The highest BCUT2D eigenvalue weighted by Crippen LogP contribution is 2.11. The summed E-state index contributed by atoms with van der Waals surface area (Å²) in [5.41, 5.74) is 0.557. The average Bonchev–Trinajstić information content (AvgIpc) is 2.43. The molecule has 2 aromatic carbocycles. The van der Waals surface area contributed by atoms with E-state index in [2.05, 4.69) is 0 Å². The van der Waals surface area contributed by atoms with E-state index in [1.165, 1.54) is 0 Å². The summed E-state index contributed by atoms with van der Waals surface area (Å²) in [6.45, 7) is 4.00. The third-order valence-electron chi connectivity index (χ3n) is 1.96. The second-order valence-corrected chi connectivity index (χ2v) is 3.07. The molecule has 88 valence electrons. The summed E-state index contributed by atoms with van der Waals surface area (Å²) in [5, 5.41) is 0. The fourth-order valence-corrected chi connectivity index (χ4v) is 1.23. The van der Waals surface area contributed by atoms with E-state index in [-0.39, 0.29) is 5.97 Å². The molecule has 0 aliphatic carbocycles. The minimum atomic E-state index is -0.332. The van der Waals surface area contributed by atoms with Crippen LogP contribution in [0.15, 0.2) is 60.7 Å². The van der Waals surface area contributed by atoms with Crippen molar-refractivity contribution in [3.63, 3.8) is 0 Å². The fourth-order valence-electron chi connectivity index (χ4n) is 1.23. The van der Waals surface area contributed by atoms with Crippen LogP contribution in [0.1, 0.15) is 24.2 Å². The molecule has 0 aliphatic rings. The van der Waals surface area contributed by atoms with Gasteiger partial charge in [-0.05, 0) is 24.3 Å². The first kappa shape index (κ1) is 13.0. The zero-order valence-corrected chi connectivity index (χ0v) is 10.1. The summed E-state index contributed by atoms with van der Waals surface area (Å²) >= 11 is 0. The Kier molecular flexibility index (Phi) is 5.52. The summed E-state index contributed by atoms with van der Waals surface area (Å²) in [6.07, 6.45) is 0. The van der Waals surface area contributed by atoms with E-state index in [0.717, 1.165) is 0 Å². The molecular formula is C15H16O2. The molecule has 0 saturated carbocycles. The SMILES string of the molecule is CC.O=C(Oc1ccccc1)c1ccccc1. The Hall–Kier alpha value is -2.09. The fraction of sp³-hybridized carbons (Fsp3) is 0.133. The van der Waals surface area contributed by atoms with Gasteiger partial charge in [0.05, 0.1) is 5.56 Å². The quantitative estimate of drug-likeness (QED) is 0.575. The number of esters is 1. The third kappa shape index (κ3) is 4.11. The van der Waals surface area contributed by atoms with Crippen molar-refractivity contribution in [1.29, 1.82) is 0 Å². The van der Waals surface area contributed by atoms with Gasteiger partial charge < -0.3 is 4.74 Å². The van der Waals surface area contributed by atoms with Crippen LogP contribution in [0.25, 0.3) is 0 Å². The number of carbonyl (C=O) groups excluding carboxylic acids is 1. The molecule has 0 radical (unpaired) electrons. The van der Waals surface area contributed by atoms with E-state index in [1.54, 1.807) is 24.3 Å². The molecule has 0 fully saturated rings. The molecule has 2 heteroatoms. The van der Waals surface area contributed by atoms with Crippen LogP contribution in [0.3, 0.4) is 0 Å². The maximum absolute atomic E-state index is 11.6. The van der Waals surface area contributed by atoms with E-state index in [9.17, 15) is 4.79 Å². The summed E-state index contributed by atoms with van der Waals surface area (Å²) in [5.74, 6) is 0.230. The first-order valence-electron chi connectivity index (χ1n) is 5.68. The standard InChI is InChI=1S/C13H10O2.C2H6/c14-13(11-7-3-1-4-8-11)15-12-9-5-2-6-10-12;1-2/h1-10H;1-2H3. The summed E-state index contributed by atoms with van der Waals surface area (Å²) in [6, 6.07) is 18.0. The predicted molar refractivity (Wildman–Crippen MR) is 69.2 cm³/mol. The highest BCUT2D eigenvalue weighted by molar-refractivity contribution is 5.90. The topological polar surface area (TPSA) is 26.3 Å². The number of hydrogen-bond donors (Lipinski definition) is 0. The Morgan fingerprint density at radius 2 is 1.29 bits per heavy atom. The van der Waals surface area contributed by atoms with Crippen molar-refractivity contribution in [3.05, 3.63) is 66.2 Å². The molecule has 0 atom stereocenters. The van der Waals surface area contributed by atoms with Gasteiger partial charge in [0.2, 0.25) is 0 Å². The van der Waals surface area contributed by atoms with E-state index in [1.807, 2.05) is 50.2 Å². The Balaban J connectivity index is 0.000000686. The van der Waals surface area contributed by atoms with Crippen molar-refractivity contribution < 1.29 is 9.53 Å². The number of ether oxygens (including phenoxy) is 1. The lowest BCUT2D eigenvalue weighted by Gasteiger charge is -2.02. The summed E-state index contributed by atoms with van der Waals surface area (Å²) < 4.78 is 5.16. The highest BCUT2D eigenvalue weighted by atomic mass is 16.5. The molecule has 0 saturated heterocycles. The zero-order valence-electron chi connectivity index (χ0n) is 10.1. The number of benzene rings is 2. The molecule has 17 heavy (non-hydrogen) atoms. The second kappa shape index (κ2) is 7.23. The van der Waals surface area contributed by atoms with Gasteiger partial charge in [0.1, 0.15) is 5.75 Å². The molecule has 0 heterocycles. The minimum absolute atomic E-state index is 0.332. The van der Waals surface area contributed by atoms with Gasteiger partial charge in [-0.3, -0.25) is 0 Å². The number of hydrogen-bond acceptors (Lipinski definition) is 2. The van der Waals surface area contributed by atoms with Gasteiger partial charge in [-0.15, -0.1) is 0 Å². The van der Waals surface area contributed by atoms with Crippen molar-refractivity contribution in [2.24, 2.45) is 0 Å². The first-order valence-corrected chi connectivity index (χ1v) is 5.68. The lowest BCUT2D eigenvalue weighted by molar-refractivity contribution is 0.0735. The van der Waals surface area contributed by atoms with E-state index >= 15 is 0 Å². The normalized spacial score (nSPS) is 8.82. The van der Waals surface area contributed by atoms with Gasteiger partial charge >= 0.3 is 5.97 Å². The van der Waals surface area contributed by atoms with Gasteiger partial charge in [0.25, 0.3) is 0 Å². The van der Waals surface area contributed by atoms with Crippen LogP contribution in [0.2, 0.25) is 0 Å². The molecule has 2 aromatic rings. The van der Waals surface area contributed by atoms with Gasteiger partial charge in [-0.2, -0.15) is 0 Å². The monoisotopic (exact) mass is 228 g/mol. The van der Waals surface area contributed by atoms with Gasteiger partial charge in [-0.25, -0.2) is 4.79 Å². The van der Waals surface area contributed by atoms with Crippen LogP contribution in [0.4, 0.5) is 0 Å². The van der Waals surface area contributed by atoms with Crippen molar-refractivity contribution in [3.8, 4) is 5.75 Å². The average molecular weight is 228 g/mol. The van der Waals surface area contributed by atoms with Crippen molar-refractivity contribution in [2.75, 3.05) is 0 Å². The van der Waals surface area contributed by atoms with Crippen molar-refractivity contribution in [1.82, 2.24) is 0 Å². The maximum atomic E-state index is 11.6. The summed E-state index contributed by atoms with van der Waals surface area (Å²) in [4.78, 5) is 11.6. The van der Waals surface area contributed by atoms with Crippen LogP contribution >= 0.6 is 0 Å². The zero-order chi connectivity index (χ0) is 12.5. The molecule has 0 bridgehead atoms. The first-order chi connectivity index (χ1) is 8.36. The Morgan fingerprint density at radius 3 is 1.82 bits per heavy atom. The molecule has 0 amide bonds. The molecule has 0 N–H and O–H groups in total. The third-order valence-corrected chi connectivity index (χ3v) is 1.96. The van der Waals surface area contributed by atoms with Crippen LogP contribution in [0, 0.1) is 0 Å².